The number of carbonyl (C=O) groups excluding carboxylic acids is 1. The summed E-state index contributed by atoms with van der Waals surface area (Å²) in [6.45, 7) is 4.69. The van der Waals surface area contributed by atoms with Crippen LogP contribution in [0, 0.1) is 0 Å². The fourth-order valence-corrected chi connectivity index (χ4v) is 1.02. The first-order valence-corrected chi connectivity index (χ1v) is 4.32. The van der Waals surface area contributed by atoms with Crippen molar-refractivity contribution in [3.8, 4) is 0 Å². The molecular weight excluding hydrogens is 154 g/mol. The number of nitrogens with two attached hydrogens (primary N) is 2. The molecule has 0 aromatic rings. The van der Waals surface area contributed by atoms with Gasteiger partial charge in [-0.15, -0.1) is 0 Å². The lowest BCUT2D eigenvalue weighted by molar-refractivity contribution is -0.125. The van der Waals surface area contributed by atoms with Gasteiger partial charge in [0.1, 0.15) is 0 Å². The van der Waals surface area contributed by atoms with E-state index in [1.807, 2.05) is 6.92 Å². The summed E-state index contributed by atoms with van der Waals surface area (Å²) in [5.41, 5.74) is 10.3. The molecular formula is C8H19N3O. The maximum atomic E-state index is 11.3. The van der Waals surface area contributed by atoms with Crippen LogP contribution in [0.3, 0.4) is 0 Å². The number of rotatable bonds is 5. The molecule has 0 aromatic carbocycles. The summed E-state index contributed by atoms with van der Waals surface area (Å²) in [6, 6.07) is 0. The summed E-state index contributed by atoms with van der Waals surface area (Å²) in [6.07, 6.45) is 1.60. The van der Waals surface area contributed by atoms with Crippen molar-refractivity contribution in [1.29, 1.82) is 0 Å². The van der Waals surface area contributed by atoms with Crippen molar-refractivity contribution < 1.29 is 4.79 Å². The molecule has 4 heteroatoms. The van der Waals surface area contributed by atoms with Crippen molar-refractivity contribution in [2.24, 2.45) is 11.5 Å². The maximum Gasteiger partial charge on any atom is 0.239 e. The molecule has 12 heavy (non-hydrogen) atoms. The van der Waals surface area contributed by atoms with Crippen LogP contribution in [0.5, 0.6) is 0 Å². The van der Waals surface area contributed by atoms with Gasteiger partial charge in [0.15, 0.2) is 0 Å². The molecule has 0 fully saturated rings. The van der Waals surface area contributed by atoms with Gasteiger partial charge >= 0.3 is 0 Å². The first-order valence-electron chi connectivity index (χ1n) is 4.32. The third-order valence-electron chi connectivity index (χ3n) is 1.72. The van der Waals surface area contributed by atoms with Gasteiger partial charge in [-0.2, -0.15) is 0 Å². The average Bonchev–Trinajstić information content (AvgIpc) is 2.00. The predicted octanol–water partition coefficient (Wildman–Crippen LogP) is -0.421. The van der Waals surface area contributed by atoms with Crippen LogP contribution in [0.4, 0.5) is 0 Å². The molecule has 0 saturated heterocycles. The Labute approximate surface area is 73.7 Å². The van der Waals surface area contributed by atoms with E-state index < -0.39 is 5.54 Å². The highest BCUT2D eigenvalue weighted by Crippen LogP contribution is 2.07. The van der Waals surface area contributed by atoms with Crippen LogP contribution in [-0.4, -0.2) is 24.5 Å². The molecule has 0 aromatic heterocycles. The van der Waals surface area contributed by atoms with E-state index in [0.29, 0.717) is 19.5 Å². The van der Waals surface area contributed by atoms with Gasteiger partial charge < -0.3 is 16.8 Å². The SMILES string of the molecule is CCCC(C)(N)C(=O)NCCN. The Kier molecular flexibility index (Phi) is 4.85. The lowest BCUT2D eigenvalue weighted by Crippen LogP contribution is -2.52. The Balaban J connectivity index is 3.88. The largest absolute Gasteiger partial charge is 0.353 e. The van der Waals surface area contributed by atoms with Gasteiger partial charge in [0.2, 0.25) is 5.91 Å². The van der Waals surface area contributed by atoms with Gasteiger partial charge in [-0.05, 0) is 13.3 Å². The lowest BCUT2D eigenvalue weighted by Gasteiger charge is -2.22. The molecule has 0 saturated carbocycles. The monoisotopic (exact) mass is 173 g/mol. The van der Waals surface area contributed by atoms with Crippen molar-refractivity contribution in [2.75, 3.05) is 13.1 Å². The van der Waals surface area contributed by atoms with Crippen molar-refractivity contribution in [1.82, 2.24) is 5.32 Å². The highest BCUT2D eigenvalue weighted by Gasteiger charge is 2.26. The van der Waals surface area contributed by atoms with Gasteiger partial charge in [0, 0.05) is 13.1 Å². The zero-order chi connectivity index (χ0) is 9.61. The third kappa shape index (κ3) is 3.69. The van der Waals surface area contributed by atoms with Crippen molar-refractivity contribution in [2.45, 2.75) is 32.2 Å². The van der Waals surface area contributed by atoms with E-state index in [-0.39, 0.29) is 5.91 Å². The second kappa shape index (κ2) is 5.11. The van der Waals surface area contributed by atoms with E-state index in [1.54, 1.807) is 6.92 Å². The Bertz CT molecular complexity index is 145. The predicted molar refractivity (Wildman–Crippen MR) is 49.6 cm³/mol. The molecule has 0 aliphatic carbocycles. The molecule has 0 aliphatic rings. The Morgan fingerprint density at radius 1 is 1.58 bits per heavy atom. The molecule has 72 valence electrons. The van der Waals surface area contributed by atoms with Crippen LogP contribution in [0.25, 0.3) is 0 Å². The van der Waals surface area contributed by atoms with Gasteiger partial charge in [0.05, 0.1) is 5.54 Å². The Morgan fingerprint density at radius 2 is 2.17 bits per heavy atom. The molecule has 1 amide bonds. The first-order chi connectivity index (χ1) is 5.54. The number of amides is 1. The number of carbonyl (C=O) groups is 1. The molecule has 0 bridgehead atoms. The van der Waals surface area contributed by atoms with Crippen LogP contribution < -0.4 is 16.8 Å². The van der Waals surface area contributed by atoms with E-state index in [0.717, 1.165) is 6.42 Å². The fraction of sp³-hybridized carbons (Fsp3) is 0.875. The van der Waals surface area contributed by atoms with Gasteiger partial charge in [-0.1, -0.05) is 13.3 Å². The summed E-state index contributed by atoms with van der Waals surface area (Å²) in [5.74, 6) is -0.116. The number of nitrogens with one attached hydrogen (secondary N) is 1. The van der Waals surface area contributed by atoms with E-state index in [1.165, 1.54) is 0 Å². The standard InChI is InChI=1S/C8H19N3O/c1-3-4-8(2,10)7(12)11-6-5-9/h3-6,9-10H2,1-2H3,(H,11,12). The zero-order valence-corrected chi connectivity index (χ0v) is 7.89. The van der Waals surface area contributed by atoms with Crippen LogP contribution in [0.1, 0.15) is 26.7 Å². The smallest absolute Gasteiger partial charge is 0.239 e. The molecule has 0 radical (unpaired) electrons. The van der Waals surface area contributed by atoms with Crippen molar-refractivity contribution in [3.05, 3.63) is 0 Å². The summed E-state index contributed by atoms with van der Waals surface area (Å²) in [4.78, 5) is 11.3. The normalized spacial score (nSPS) is 15.3. The van der Waals surface area contributed by atoms with Gasteiger partial charge in [-0.3, -0.25) is 4.79 Å². The molecule has 1 atom stereocenters. The summed E-state index contributed by atoms with van der Waals surface area (Å²) in [7, 11) is 0. The summed E-state index contributed by atoms with van der Waals surface area (Å²) in [5, 5.41) is 2.67. The second-order valence-electron chi connectivity index (χ2n) is 3.21. The zero-order valence-electron chi connectivity index (χ0n) is 7.89. The minimum Gasteiger partial charge on any atom is -0.353 e. The first kappa shape index (κ1) is 11.4. The highest BCUT2D eigenvalue weighted by molar-refractivity contribution is 5.85. The lowest BCUT2D eigenvalue weighted by atomic mass is 9.97. The number of hydrogen-bond donors (Lipinski definition) is 3. The minimum atomic E-state index is -0.746. The molecule has 0 rings (SSSR count). The van der Waals surface area contributed by atoms with Crippen LogP contribution in [0.2, 0.25) is 0 Å². The fourth-order valence-electron chi connectivity index (χ4n) is 1.02. The Morgan fingerprint density at radius 3 is 2.58 bits per heavy atom. The third-order valence-corrected chi connectivity index (χ3v) is 1.72. The molecule has 0 spiro atoms. The van der Waals surface area contributed by atoms with E-state index >= 15 is 0 Å². The molecule has 0 aliphatic heterocycles. The van der Waals surface area contributed by atoms with Crippen LogP contribution in [-0.2, 0) is 4.79 Å². The van der Waals surface area contributed by atoms with E-state index in [2.05, 4.69) is 5.32 Å². The van der Waals surface area contributed by atoms with Crippen molar-refractivity contribution >= 4 is 5.91 Å². The molecule has 0 heterocycles. The topological polar surface area (TPSA) is 81.1 Å². The van der Waals surface area contributed by atoms with Crippen molar-refractivity contribution in [3.63, 3.8) is 0 Å². The van der Waals surface area contributed by atoms with Gasteiger partial charge in [0.25, 0.3) is 0 Å². The second-order valence-corrected chi connectivity index (χ2v) is 3.21. The summed E-state index contributed by atoms with van der Waals surface area (Å²) < 4.78 is 0. The average molecular weight is 173 g/mol. The van der Waals surface area contributed by atoms with Gasteiger partial charge in [-0.25, -0.2) is 0 Å². The molecule has 4 nitrogen and oxygen atoms in total. The van der Waals surface area contributed by atoms with E-state index in [9.17, 15) is 4.79 Å². The minimum absolute atomic E-state index is 0.116. The quantitative estimate of drug-likeness (QED) is 0.528. The van der Waals surface area contributed by atoms with E-state index in [4.69, 9.17) is 11.5 Å². The maximum absolute atomic E-state index is 11.3. The van der Waals surface area contributed by atoms with Crippen LogP contribution >= 0.6 is 0 Å². The van der Waals surface area contributed by atoms with Crippen LogP contribution in [0.15, 0.2) is 0 Å². The molecule has 1 unspecified atom stereocenters. The number of hydrogen-bond acceptors (Lipinski definition) is 3. The molecule has 5 N–H and O–H groups in total. The summed E-state index contributed by atoms with van der Waals surface area (Å²) >= 11 is 0. The Hall–Kier alpha value is -0.610. The highest BCUT2D eigenvalue weighted by atomic mass is 16.2.